The Morgan fingerprint density at radius 2 is 2.00 bits per heavy atom. The van der Waals surface area contributed by atoms with E-state index in [0.29, 0.717) is 0 Å². The Balaban J connectivity index is 3.34. The van der Waals surface area contributed by atoms with Gasteiger partial charge in [0, 0.05) is 0 Å². The van der Waals surface area contributed by atoms with E-state index in [1.807, 2.05) is 0 Å². The molecule has 0 aliphatic heterocycles. The zero-order valence-corrected chi connectivity index (χ0v) is 10.9. The van der Waals surface area contributed by atoms with E-state index < -0.39 is 18.1 Å². The molecule has 0 spiro atoms. The highest BCUT2D eigenvalue weighted by Crippen LogP contribution is 2.30. The molecule has 0 bridgehead atoms. The van der Waals surface area contributed by atoms with E-state index in [2.05, 4.69) is 4.74 Å². The summed E-state index contributed by atoms with van der Waals surface area (Å²) in [4.78, 5) is 11.7. The highest BCUT2D eigenvalue weighted by molar-refractivity contribution is 5.92. The van der Waals surface area contributed by atoms with Crippen LogP contribution in [0, 0.1) is 11.3 Å². The molecule has 0 amide bonds. The zero-order chi connectivity index (χ0) is 15.3. The maximum Gasteiger partial charge on any atom is 0.573 e. The summed E-state index contributed by atoms with van der Waals surface area (Å²) in [5.74, 6) is -1.30. The van der Waals surface area contributed by atoms with Gasteiger partial charge in [0.05, 0.1) is 17.7 Å². The van der Waals surface area contributed by atoms with E-state index in [1.165, 1.54) is 6.07 Å². The first-order valence-electron chi connectivity index (χ1n) is 5.82. The molecule has 0 unspecified atom stereocenters. The number of rotatable bonds is 4. The van der Waals surface area contributed by atoms with Gasteiger partial charge in [-0.2, -0.15) is 5.26 Å². The zero-order valence-electron chi connectivity index (χ0n) is 10.9. The molecule has 0 aromatic heterocycles. The molecule has 1 aromatic carbocycles. The van der Waals surface area contributed by atoms with E-state index in [0.717, 1.165) is 6.07 Å². The Hall–Kier alpha value is -2.23. The largest absolute Gasteiger partial charge is 0.573 e. The van der Waals surface area contributed by atoms with Crippen molar-refractivity contribution in [2.24, 2.45) is 0 Å². The average Bonchev–Trinajstić information content (AvgIpc) is 2.36. The second kappa shape index (κ2) is 6.28. The van der Waals surface area contributed by atoms with Crippen molar-refractivity contribution < 1.29 is 27.4 Å². The first-order chi connectivity index (χ1) is 9.34. The van der Waals surface area contributed by atoms with Crippen LogP contribution in [0.1, 0.15) is 35.3 Å². The van der Waals surface area contributed by atoms with Crippen LogP contribution in [0.3, 0.4) is 0 Å². The SMILES string of the molecule is CCOC(=O)c1ccc(OC(F)(F)F)c(C#N)c1CC. The van der Waals surface area contributed by atoms with Crippen molar-refractivity contribution in [2.45, 2.75) is 26.6 Å². The molecule has 0 heterocycles. The predicted molar refractivity (Wildman–Crippen MR) is 63.2 cm³/mol. The Labute approximate surface area is 113 Å². The van der Waals surface area contributed by atoms with Gasteiger partial charge in [0.25, 0.3) is 0 Å². The van der Waals surface area contributed by atoms with Gasteiger partial charge >= 0.3 is 12.3 Å². The third-order valence-electron chi connectivity index (χ3n) is 2.46. The minimum atomic E-state index is -4.90. The molecular formula is C13H12F3NO3. The smallest absolute Gasteiger partial charge is 0.462 e. The molecule has 4 nitrogen and oxygen atoms in total. The summed E-state index contributed by atoms with van der Waals surface area (Å²) in [6, 6.07) is 3.75. The van der Waals surface area contributed by atoms with Gasteiger partial charge in [-0.3, -0.25) is 0 Å². The molecule has 0 aliphatic carbocycles. The van der Waals surface area contributed by atoms with Crippen molar-refractivity contribution in [1.29, 1.82) is 5.26 Å². The molecule has 1 rings (SSSR count). The number of hydrogen-bond acceptors (Lipinski definition) is 4. The topological polar surface area (TPSA) is 59.3 Å². The fourth-order valence-electron chi connectivity index (χ4n) is 1.73. The molecule has 7 heteroatoms. The third kappa shape index (κ3) is 3.63. The van der Waals surface area contributed by atoms with E-state index in [4.69, 9.17) is 10.00 Å². The van der Waals surface area contributed by atoms with Crippen molar-refractivity contribution >= 4 is 5.97 Å². The number of hydrogen-bond donors (Lipinski definition) is 0. The number of esters is 1. The molecule has 0 aliphatic rings. The molecule has 0 saturated carbocycles. The summed E-state index contributed by atoms with van der Waals surface area (Å²) in [5, 5.41) is 9.01. The molecule has 108 valence electrons. The van der Waals surface area contributed by atoms with Crippen molar-refractivity contribution in [3.8, 4) is 11.8 Å². The van der Waals surface area contributed by atoms with Crippen molar-refractivity contribution in [3.63, 3.8) is 0 Å². The van der Waals surface area contributed by atoms with Gasteiger partial charge in [-0.15, -0.1) is 13.2 Å². The number of halogens is 3. The number of carbonyl (C=O) groups is 1. The molecule has 20 heavy (non-hydrogen) atoms. The average molecular weight is 287 g/mol. The number of ether oxygens (including phenoxy) is 2. The highest BCUT2D eigenvalue weighted by atomic mass is 19.4. The van der Waals surface area contributed by atoms with Crippen LogP contribution in [0.2, 0.25) is 0 Å². The maximum atomic E-state index is 12.2. The normalized spacial score (nSPS) is 10.8. The van der Waals surface area contributed by atoms with Crippen LogP contribution in [0.4, 0.5) is 13.2 Å². The van der Waals surface area contributed by atoms with Crippen LogP contribution < -0.4 is 4.74 Å². The predicted octanol–water partition coefficient (Wildman–Crippen LogP) is 3.20. The third-order valence-corrected chi connectivity index (χ3v) is 2.46. The molecule has 0 radical (unpaired) electrons. The molecule has 0 N–H and O–H groups in total. The lowest BCUT2D eigenvalue weighted by molar-refractivity contribution is -0.274. The number of carbonyl (C=O) groups excluding carboxylic acids is 1. The Kier molecular flexibility index (Phi) is 4.97. The standard InChI is InChI=1S/C13H12F3NO3/c1-3-8-9(12(18)19-4-2)5-6-11(10(8)7-17)20-13(14,15)16/h5-6H,3-4H2,1-2H3. The monoisotopic (exact) mass is 287 g/mol. The molecule has 0 fully saturated rings. The van der Waals surface area contributed by atoms with Gasteiger partial charge in [0.1, 0.15) is 11.8 Å². The lowest BCUT2D eigenvalue weighted by atomic mass is 9.98. The maximum absolute atomic E-state index is 12.2. The van der Waals surface area contributed by atoms with Gasteiger partial charge in [-0.05, 0) is 31.0 Å². The van der Waals surface area contributed by atoms with E-state index in [1.54, 1.807) is 19.9 Å². The quantitative estimate of drug-likeness (QED) is 0.798. The summed E-state index contributed by atoms with van der Waals surface area (Å²) in [7, 11) is 0. The van der Waals surface area contributed by atoms with Crippen LogP contribution in [-0.4, -0.2) is 18.9 Å². The molecular weight excluding hydrogens is 275 g/mol. The molecule has 1 aromatic rings. The Bertz CT molecular complexity index is 547. The minimum absolute atomic E-state index is 0.0698. The summed E-state index contributed by atoms with van der Waals surface area (Å²) in [5.41, 5.74) is -0.0662. The lowest BCUT2D eigenvalue weighted by Crippen LogP contribution is -2.19. The van der Waals surface area contributed by atoms with Crippen molar-refractivity contribution in [1.82, 2.24) is 0 Å². The summed E-state index contributed by atoms with van der Waals surface area (Å²) < 4.78 is 45.3. The van der Waals surface area contributed by atoms with Gasteiger partial charge in [0.2, 0.25) is 0 Å². The highest BCUT2D eigenvalue weighted by Gasteiger charge is 2.33. The number of alkyl halides is 3. The van der Waals surface area contributed by atoms with E-state index >= 15 is 0 Å². The van der Waals surface area contributed by atoms with Crippen LogP contribution in [0.25, 0.3) is 0 Å². The first-order valence-corrected chi connectivity index (χ1v) is 5.82. The Morgan fingerprint density at radius 1 is 1.35 bits per heavy atom. The van der Waals surface area contributed by atoms with Crippen molar-refractivity contribution in [3.05, 3.63) is 28.8 Å². The minimum Gasteiger partial charge on any atom is -0.462 e. The van der Waals surface area contributed by atoms with E-state index in [9.17, 15) is 18.0 Å². The summed E-state index contributed by atoms with van der Waals surface area (Å²) >= 11 is 0. The van der Waals surface area contributed by atoms with Crippen molar-refractivity contribution in [2.75, 3.05) is 6.61 Å². The first kappa shape index (κ1) is 15.8. The summed E-state index contributed by atoms with van der Waals surface area (Å²) in [6.45, 7) is 3.36. The Morgan fingerprint density at radius 3 is 2.45 bits per heavy atom. The fourth-order valence-corrected chi connectivity index (χ4v) is 1.73. The number of benzene rings is 1. The van der Waals surface area contributed by atoms with Crippen LogP contribution >= 0.6 is 0 Å². The van der Waals surface area contributed by atoms with Gasteiger partial charge in [-0.1, -0.05) is 6.92 Å². The van der Waals surface area contributed by atoms with Crippen LogP contribution in [0.5, 0.6) is 5.75 Å². The number of nitriles is 1. The second-order valence-corrected chi connectivity index (χ2v) is 3.70. The van der Waals surface area contributed by atoms with Gasteiger partial charge in [0.15, 0.2) is 0 Å². The van der Waals surface area contributed by atoms with Gasteiger partial charge in [-0.25, -0.2) is 4.79 Å². The molecule has 0 saturated heterocycles. The van der Waals surface area contributed by atoms with Crippen LogP contribution in [-0.2, 0) is 11.2 Å². The van der Waals surface area contributed by atoms with Crippen LogP contribution in [0.15, 0.2) is 12.1 Å². The molecule has 0 atom stereocenters. The summed E-state index contributed by atoms with van der Waals surface area (Å²) in [6.07, 6.45) is -4.70. The van der Waals surface area contributed by atoms with E-state index in [-0.39, 0.29) is 29.7 Å². The number of nitrogens with zero attached hydrogens (tertiary/aromatic N) is 1. The van der Waals surface area contributed by atoms with Gasteiger partial charge < -0.3 is 9.47 Å². The fraction of sp³-hybridized carbons (Fsp3) is 0.385. The second-order valence-electron chi connectivity index (χ2n) is 3.70. The lowest BCUT2D eigenvalue weighted by Gasteiger charge is -2.14.